The fourth-order valence-electron chi connectivity index (χ4n) is 0.585. The molecule has 0 spiro atoms. The SMILES string of the molecule is O=C(O)CCC(=O)O.O=c1cc[nH]cc1. The van der Waals surface area contributed by atoms with E-state index >= 15 is 0 Å². The van der Waals surface area contributed by atoms with Crippen LogP contribution in [0.4, 0.5) is 0 Å². The number of aromatic amines is 1. The van der Waals surface area contributed by atoms with Gasteiger partial charge in [-0.3, -0.25) is 14.4 Å². The zero-order chi connectivity index (χ0) is 11.7. The van der Waals surface area contributed by atoms with Crippen molar-refractivity contribution in [1.82, 2.24) is 4.98 Å². The minimum atomic E-state index is -1.08. The van der Waals surface area contributed by atoms with Crippen molar-refractivity contribution in [1.29, 1.82) is 0 Å². The second kappa shape index (κ2) is 7.31. The smallest absolute Gasteiger partial charge is 0.303 e. The molecule has 82 valence electrons. The summed E-state index contributed by atoms with van der Waals surface area (Å²) >= 11 is 0. The molecule has 0 fully saturated rings. The Morgan fingerprint density at radius 2 is 1.47 bits per heavy atom. The van der Waals surface area contributed by atoms with E-state index in [1.54, 1.807) is 12.4 Å². The lowest BCUT2D eigenvalue weighted by molar-refractivity contribution is -0.143. The Kier molecular flexibility index (Phi) is 6.28. The first-order chi connectivity index (χ1) is 7.02. The molecule has 1 heterocycles. The number of carboxylic acid groups (broad SMARTS) is 2. The molecule has 0 aliphatic heterocycles. The predicted molar refractivity (Wildman–Crippen MR) is 51.6 cm³/mol. The summed E-state index contributed by atoms with van der Waals surface area (Å²) in [5.74, 6) is -2.15. The van der Waals surface area contributed by atoms with E-state index in [0.717, 1.165) is 0 Å². The van der Waals surface area contributed by atoms with Crippen LogP contribution in [0.3, 0.4) is 0 Å². The number of carboxylic acids is 2. The van der Waals surface area contributed by atoms with E-state index in [4.69, 9.17) is 10.2 Å². The molecule has 0 amide bonds. The molecule has 0 saturated carbocycles. The fraction of sp³-hybridized carbons (Fsp3) is 0.222. The molecule has 1 rings (SSSR count). The van der Waals surface area contributed by atoms with Crippen LogP contribution in [0.2, 0.25) is 0 Å². The van der Waals surface area contributed by atoms with E-state index in [9.17, 15) is 14.4 Å². The highest BCUT2D eigenvalue weighted by atomic mass is 16.4. The van der Waals surface area contributed by atoms with Crippen molar-refractivity contribution in [2.75, 3.05) is 0 Å². The van der Waals surface area contributed by atoms with E-state index < -0.39 is 11.9 Å². The second-order valence-corrected chi connectivity index (χ2v) is 2.52. The normalized spacial score (nSPS) is 8.53. The summed E-state index contributed by atoms with van der Waals surface area (Å²) in [4.78, 5) is 32.3. The summed E-state index contributed by atoms with van der Waals surface area (Å²) in [6.07, 6.45) is 2.61. The van der Waals surface area contributed by atoms with E-state index in [-0.39, 0.29) is 18.3 Å². The van der Waals surface area contributed by atoms with E-state index in [1.807, 2.05) is 0 Å². The monoisotopic (exact) mass is 213 g/mol. The highest BCUT2D eigenvalue weighted by Gasteiger charge is 2.00. The van der Waals surface area contributed by atoms with Gasteiger partial charge >= 0.3 is 11.9 Å². The first-order valence-electron chi connectivity index (χ1n) is 4.09. The zero-order valence-corrected chi connectivity index (χ0v) is 7.84. The van der Waals surface area contributed by atoms with Crippen molar-refractivity contribution < 1.29 is 19.8 Å². The van der Waals surface area contributed by atoms with Gasteiger partial charge in [0.15, 0.2) is 5.43 Å². The molecule has 0 aromatic carbocycles. The maximum absolute atomic E-state index is 10.2. The van der Waals surface area contributed by atoms with Crippen molar-refractivity contribution in [3.8, 4) is 0 Å². The van der Waals surface area contributed by atoms with Crippen LogP contribution in [0.5, 0.6) is 0 Å². The Bertz CT molecular complexity index is 339. The van der Waals surface area contributed by atoms with E-state index in [1.165, 1.54) is 12.1 Å². The molecular formula is C9H11NO5. The number of aromatic nitrogens is 1. The number of hydrogen-bond donors (Lipinski definition) is 3. The van der Waals surface area contributed by atoms with Crippen LogP contribution < -0.4 is 5.43 Å². The third-order valence-corrected chi connectivity index (χ3v) is 1.24. The Balaban J connectivity index is 0.000000262. The summed E-state index contributed by atoms with van der Waals surface area (Å²) in [7, 11) is 0. The molecule has 0 unspecified atom stereocenters. The second-order valence-electron chi connectivity index (χ2n) is 2.52. The quantitative estimate of drug-likeness (QED) is 0.669. The van der Waals surface area contributed by atoms with Crippen molar-refractivity contribution in [3.05, 3.63) is 34.7 Å². The van der Waals surface area contributed by atoms with Crippen LogP contribution in [-0.2, 0) is 9.59 Å². The summed E-state index contributed by atoms with van der Waals surface area (Å²) in [5, 5.41) is 15.8. The number of hydrogen-bond acceptors (Lipinski definition) is 3. The number of aliphatic carboxylic acids is 2. The summed E-state index contributed by atoms with van der Waals surface area (Å²) in [5.41, 5.74) is 0.0405. The maximum atomic E-state index is 10.2. The fourth-order valence-corrected chi connectivity index (χ4v) is 0.585. The number of rotatable bonds is 3. The minimum absolute atomic E-state index is 0.0405. The van der Waals surface area contributed by atoms with Gasteiger partial charge in [0.1, 0.15) is 0 Å². The average molecular weight is 213 g/mol. The number of carbonyl (C=O) groups is 2. The molecule has 1 aromatic heterocycles. The molecule has 15 heavy (non-hydrogen) atoms. The third kappa shape index (κ3) is 9.81. The molecule has 3 N–H and O–H groups in total. The first-order valence-corrected chi connectivity index (χ1v) is 4.09. The highest BCUT2D eigenvalue weighted by Crippen LogP contribution is 1.86. The molecule has 0 aliphatic carbocycles. The molecule has 0 bridgehead atoms. The van der Waals surface area contributed by atoms with Gasteiger partial charge in [0.05, 0.1) is 12.8 Å². The van der Waals surface area contributed by atoms with Crippen molar-refractivity contribution in [2.45, 2.75) is 12.8 Å². The van der Waals surface area contributed by atoms with Crippen LogP contribution in [0, 0.1) is 0 Å². The van der Waals surface area contributed by atoms with Crippen LogP contribution in [-0.4, -0.2) is 27.1 Å². The summed E-state index contributed by atoms with van der Waals surface area (Å²) < 4.78 is 0. The Labute approximate surface area is 85.2 Å². The standard InChI is InChI=1S/C5H5NO.C4H6O4/c7-5-1-3-6-4-2-5;5-3(6)1-2-4(7)8/h1-4H,(H,6,7);1-2H2,(H,5,6)(H,7,8). The average Bonchev–Trinajstić information content (AvgIpc) is 2.17. The molecule has 1 aromatic rings. The summed E-state index contributed by atoms with van der Waals surface area (Å²) in [6.45, 7) is 0. The number of nitrogens with one attached hydrogen (secondary N) is 1. The Morgan fingerprint density at radius 1 is 1.07 bits per heavy atom. The molecule has 0 aliphatic rings. The Hall–Kier alpha value is -2.11. The van der Waals surface area contributed by atoms with Gasteiger partial charge in [0, 0.05) is 24.5 Å². The van der Waals surface area contributed by atoms with Crippen molar-refractivity contribution >= 4 is 11.9 Å². The Morgan fingerprint density at radius 3 is 1.67 bits per heavy atom. The van der Waals surface area contributed by atoms with Gasteiger partial charge in [-0.25, -0.2) is 0 Å². The number of H-pyrrole nitrogens is 1. The van der Waals surface area contributed by atoms with Crippen LogP contribution in [0.1, 0.15) is 12.8 Å². The zero-order valence-electron chi connectivity index (χ0n) is 7.84. The lowest BCUT2D eigenvalue weighted by atomic mass is 10.3. The van der Waals surface area contributed by atoms with Crippen LogP contribution >= 0.6 is 0 Å². The van der Waals surface area contributed by atoms with E-state index in [0.29, 0.717) is 0 Å². The van der Waals surface area contributed by atoms with Crippen LogP contribution in [0.25, 0.3) is 0 Å². The van der Waals surface area contributed by atoms with Crippen molar-refractivity contribution in [3.63, 3.8) is 0 Å². The lowest BCUT2D eigenvalue weighted by Crippen LogP contribution is -2.00. The van der Waals surface area contributed by atoms with Gasteiger partial charge in [-0.1, -0.05) is 0 Å². The first kappa shape index (κ1) is 12.9. The van der Waals surface area contributed by atoms with Crippen LogP contribution in [0.15, 0.2) is 29.3 Å². The molecule has 0 atom stereocenters. The molecule has 6 nitrogen and oxygen atoms in total. The van der Waals surface area contributed by atoms with Gasteiger partial charge in [0.2, 0.25) is 0 Å². The molecular weight excluding hydrogens is 202 g/mol. The molecule has 0 radical (unpaired) electrons. The maximum Gasteiger partial charge on any atom is 0.303 e. The highest BCUT2D eigenvalue weighted by molar-refractivity contribution is 5.75. The largest absolute Gasteiger partial charge is 0.481 e. The topological polar surface area (TPSA) is 107 Å². The van der Waals surface area contributed by atoms with Crippen molar-refractivity contribution in [2.24, 2.45) is 0 Å². The van der Waals surface area contributed by atoms with Gasteiger partial charge < -0.3 is 15.2 Å². The van der Waals surface area contributed by atoms with E-state index in [2.05, 4.69) is 4.98 Å². The third-order valence-electron chi connectivity index (χ3n) is 1.24. The molecule has 0 saturated heterocycles. The minimum Gasteiger partial charge on any atom is -0.481 e. The summed E-state index contributed by atoms with van der Waals surface area (Å²) in [6, 6.07) is 2.94. The van der Waals surface area contributed by atoms with Gasteiger partial charge in [0.25, 0.3) is 0 Å². The van der Waals surface area contributed by atoms with Gasteiger partial charge in [-0.05, 0) is 0 Å². The predicted octanol–water partition coefficient (Wildman–Crippen LogP) is 0.311. The molecule has 6 heteroatoms. The van der Waals surface area contributed by atoms with Gasteiger partial charge in [-0.15, -0.1) is 0 Å². The number of pyridine rings is 1. The van der Waals surface area contributed by atoms with Gasteiger partial charge in [-0.2, -0.15) is 0 Å². The lowest BCUT2D eigenvalue weighted by Gasteiger charge is -1.85.